The van der Waals surface area contributed by atoms with Crippen LogP contribution in [-0.2, 0) is 5.41 Å². The van der Waals surface area contributed by atoms with Gasteiger partial charge in [0.1, 0.15) is 0 Å². The summed E-state index contributed by atoms with van der Waals surface area (Å²) in [5, 5.41) is 2.37. The highest BCUT2D eigenvalue weighted by atomic mass is 15.2. The van der Waals surface area contributed by atoms with Crippen molar-refractivity contribution in [3.05, 3.63) is 60.6 Å². The van der Waals surface area contributed by atoms with Gasteiger partial charge in [0.25, 0.3) is 0 Å². The highest BCUT2D eigenvalue weighted by Crippen LogP contribution is 2.57. The fourth-order valence-corrected chi connectivity index (χ4v) is 4.51. The van der Waals surface area contributed by atoms with E-state index in [1.54, 1.807) is 6.20 Å². The van der Waals surface area contributed by atoms with Crippen LogP contribution in [0.3, 0.4) is 0 Å². The lowest BCUT2D eigenvalue weighted by atomic mass is 9.93. The Morgan fingerprint density at radius 2 is 1.88 bits per heavy atom. The molecule has 1 aromatic carbocycles. The molecular formula is C22H18N4. The van der Waals surface area contributed by atoms with Crippen LogP contribution in [0.1, 0.15) is 18.4 Å². The Labute approximate surface area is 151 Å². The molecule has 2 aliphatic rings. The zero-order chi connectivity index (χ0) is 17.3. The van der Waals surface area contributed by atoms with Crippen molar-refractivity contribution in [1.82, 2.24) is 15.0 Å². The van der Waals surface area contributed by atoms with Gasteiger partial charge in [-0.05, 0) is 54.3 Å². The number of likely N-dealkylation sites (N-methyl/N-ethyl adjacent to an activating group) is 1. The summed E-state index contributed by atoms with van der Waals surface area (Å²) < 4.78 is 0. The minimum absolute atomic E-state index is 0.357. The summed E-state index contributed by atoms with van der Waals surface area (Å²) >= 11 is 0. The first kappa shape index (κ1) is 14.2. The molecule has 126 valence electrons. The van der Waals surface area contributed by atoms with Crippen LogP contribution in [-0.4, -0.2) is 28.5 Å². The van der Waals surface area contributed by atoms with Crippen molar-refractivity contribution >= 4 is 27.6 Å². The first-order valence-corrected chi connectivity index (χ1v) is 9.09. The maximum atomic E-state index is 4.71. The van der Waals surface area contributed by atoms with E-state index in [0.29, 0.717) is 5.41 Å². The number of nitrogens with zero attached hydrogens (tertiary/aromatic N) is 4. The van der Waals surface area contributed by atoms with E-state index in [4.69, 9.17) is 4.98 Å². The van der Waals surface area contributed by atoms with Crippen molar-refractivity contribution in [2.75, 3.05) is 18.5 Å². The fraction of sp³-hybridized carbons (Fsp3) is 0.227. The largest absolute Gasteiger partial charge is 0.372 e. The van der Waals surface area contributed by atoms with Gasteiger partial charge in [-0.15, -0.1) is 0 Å². The fourth-order valence-electron chi connectivity index (χ4n) is 4.51. The van der Waals surface area contributed by atoms with Gasteiger partial charge < -0.3 is 4.90 Å². The number of anilines is 1. The van der Waals surface area contributed by atoms with E-state index < -0.39 is 0 Å². The summed E-state index contributed by atoms with van der Waals surface area (Å²) in [6.07, 6.45) is 8.33. The summed E-state index contributed by atoms with van der Waals surface area (Å²) in [4.78, 5) is 15.9. The van der Waals surface area contributed by atoms with Gasteiger partial charge in [-0.25, -0.2) is 9.97 Å². The predicted molar refractivity (Wildman–Crippen MR) is 104 cm³/mol. The highest BCUT2D eigenvalue weighted by molar-refractivity contribution is 5.94. The quantitative estimate of drug-likeness (QED) is 0.518. The van der Waals surface area contributed by atoms with Crippen molar-refractivity contribution in [2.45, 2.75) is 18.3 Å². The van der Waals surface area contributed by atoms with Crippen LogP contribution in [0.15, 0.2) is 55.0 Å². The van der Waals surface area contributed by atoms with E-state index in [1.807, 2.05) is 18.5 Å². The third-order valence-electron chi connectivity index (χ3n) is 5.97. The standard InChI is InChI=1S/C22H18N4/c1-26-13-22(6-7-22)20-17-10-14(4-5-18(17)24-12-19(20)26)16-9-15-3-2-8-23-21(15)25-11-16/h2-5,8-12H,6-7,13H2,1H3. The van der Waals surface area contributed by atoms with E-state index >= 15 is 0 Å². The Hall–Kier alpha value is -3.01. The van der Waals surface area contributed by atoms with Gasteiger partial charge in [0.2, 0.25) is 0 Å². The van der Waals surface area contributed by atoms with Gasteiger partial charge in [0.15, 0.2) is 5.65 Å². The van der Waals surface area contributed by atoms with Gasteiger partial charge in [0.05, 0.1) is 17.4 Å². The van der Waals surface area contributed by atoms with Crippen molar-refractivity contribution < 1.29 is 0 Å². The predicted octanol–water partition coefficient (Wildman–Crippen LogP) is 4.33. The number of hydrogen-bond donors (Lipinski definition) is 0. The van der Waals surface area contributed by atoms with E-state index in [1.165, 1.54) is 35.0 Å². The lowest BCUT2D eigenvalue weighted by Gasteiger charge is -2.12. The Kier molecular flexibility index (Phi) is 2.61. The third-order valence-corrected chi connectivity index (χ3v) is 5.97. The Balaban J connectivity index is 1.59. The summed E-state index contributed by atoms with van der Waals surface area (Å²) in [6, 6.07) is 12.8. The first-order valence-electron chi connectivity index (χ1n) is 9.09. The lowest BCUT2D eigenvalue weighted by Crippen LogP contribution is -2.18. The molecule has 1 spiro atoms. The van der Waals surface area contributed by atoms with Gasteiger partial charge in [-0.2, -0.15) is 0 Å². The minimum atomic E-state index is 0.357. The van der Waals surface area contributed by atoms with E-state index in [0.717, 1.165) is 28.7 Å². The van der Waals surface area contributed by atoms with Crippen molar-refractivity contribution in [2.24, 2.45) is 0 Å². The van der Waals surface area contributed by atoms with Crippen molar-refractivity contribution in [3.63, 3.8) is 0 Å². The number of benzene rings is 1. The molecule has 1 aliphatic carbocycles. The lowest BCUT2D eigenvalue weighted by molar-refractivity contribution is 0.735. The molecule has 0 N–H and O–H groups in total. The molecule has 1 saturated carbocycles. The number of pyridine rings is 3. The van der Waals surface area contributed by atoms with Crippen LogP contribution in [0.25, 0.3) is 33.1 Å². The van der Waals surface area contributed by atoms with E-state index in [9.17, 15) is 0 Å². The summed E-state index contributed by atoms with van der Waals surface area (Å²) in [5.74, 6) is 0. The second kappa shape index (κ2) is 4.79. The maximum Gasteiger partial charge on any atom is 0.159 e. The van der Waals surface area contributed by atoms with Gasteiger partial charge >= 0.3 is 0 Å². The maximum absolute atomic E-state index is 4.71. The Bertz CT molecular complexity index is 1190. The van der Waals surface area contributed by atoms with Crippen LogP contribution in [0, 0.1) is 0 Å². The zero-order valence-corrected chi connectivity index (χ0v) is 14.6. The zero-order valence-electron chi connectivity index (χ0n) is 14.6. The van der Waals surface area contributed by atoms with E-state index in [-0.39, 0.29) is 0 Å². The van der Waals surface area contributed by atoms with Crippen LogP contribution >= 0.6 is 0 Å². The van der Waals surface area contributed by atoms with Crippen molar-refractivity contribution in [1.29, 1.82) is 0 Å². The average molecular weight is 338 g/mol. The molecule has 1 fully saturated rings. The van der Waals surface area contributed by atoms with Crippen molar-refractivity contribution in [3.8, 4) is 11.1 Å². The van der Waals surface area contributed by atoms with Crippen LogP contribution in [0.2, 0.25) is 0 Å². The van der Waals surface area contributed by atoms with Crippen LogP contribution < -0.4 is 4.90 Å². The topological polar surface area (TPSA) is 41.9 Å². The molecular weight excluding hydrogens is 320 g/mol. The first-order chi connectivity index (χ1) is 12.7. The summed E-state index contributed by atoms with van der Waals surface area (Å²) in [6.45, 7) is 1.12. The molecule has 4 heteroatoms. The molecule has 4 aromatic rings. The van der Waals surface area contributed by atoms with Gasteiger partial charge in [-0.1, -0.05) is 6.07 Å². The number of fused-ring (bicyclic) bond motifs is 5. The van der Waals surface area contributed by atoms with Crippen LogP contribution in [0.5, 0.6) is 0 Å². The molecule has 0 bridgehead atoms. The second-order valence-electron chi connectivity index (χ2n) is 7.66. The number of rotatable bonds is 1. The molecule has 0 unspecified atom stereocenters. The Morgan fingerprint density at radius 3 is 2.77 bits per heavy atom. The molecule has 3 aromatic heterocycles. The average Bonchev–Trinajstić information content (AvgIpc) is 3.39. The second-order valence-corrected chi connectivity index (χ2v) is 7.66. The molecule has 1 aliphatic heterocycles. The molecule has 4 nitrogen and oxygen atoms in total. The molecule has 0 radical (unpaired) electrons. The SMILES string of the molecule is CN1CC2(CC2)c2c1cnc1ccc(-c3cnc4ncccc4c3)cc21. The number of hydrogen-bond acceptors (Lipinski definition) is 4. The summed E-state index contributed by atoms with van der Waals surface area (Å²) in [5.41, 5.74) is 7.35. The molecule has 26 heavy (non-hydrogen) atoms. The smallest absolute Gasteiger partial charge is 0.159 e. The summed E-state index contributed by atoms with van der Waals surface area (Å²) in [7, 11) is 2.18. The van der Waals surface area contributed by atoms with E-state index in [2.05, 4.69) is 52.2 Å². The third kappa shape index (κ3) is 1.87. The monoisotopic (exact) mass is 338 g/mol. The molecule has 6 rings (SSSR count). The minimum Gasteiger partial charge on any atom is -0.372 e. The van der Waals surface area contributed by atoms with Gasteiger partial charge in [0, 0.05) is 47.7 Å². The molecule has 0 atom stereocenters. The Morgan fingerprint density at radius 1 is 0.962 bits per heavy atom. The van der Waals surface area contributed by atoms with Crippen LogP contribution in [0.4, 0.5) is 5.69 Å². The molecule has 4 heterocycles. The normalized spacial score (nSPS) is 17.2. The highest BCUT2D eigenvalue weighted by Gasteiger charge is 2.51. The van der Waals surface area contributed by atoms with Gasteiger partial charge in [-0.3, -0.25) is 4.98 Å². The molecule has 0 saturated heterocycles. The number of aromatic nitrogens is 3. The molecule has 0 amide bonds.